The van der Waals surface area contributed by atoms with Crippen LogP contribution in [0.4, 0.5) is 0 Å². The standard InChI is InChI=1S/C8H14O4S/c1-3-12-8(9)6(2)13(10,11)7-4-5-7/h6-7H,3-5H2,1-2H3. The second-order valence-corrected chi connectivity index (χ2v) is 5.73. The Kier molecular flexibility index (Phi) is 2.95. The summed E-state index contributed by atoms with van der Waals surface area (Å²) in [7, 11) is -3.26. The molecule has 1 rings (SSSR count). The van der Waals surface area contributed by atoms with Crippen LogP contribution < -0.4 is 0 Å². The molecule has 1 saturated carbocycles. The molecule has 0 bridgehead atoms. The van der Waals surface area contributed by atoms with Gasteiger partial charge in [-0.25, -0.2) is 8.42 Å². The van der Waals surface area contributed by atoms with Gasteiger partial charge >= 0.3 is 5.97 Å². The maximum absolute atomic E-state index is 11.5. The lowest BCUT2D eigenvalue weighted by molar-refractivity contribution is -0.142. The molecule has 0 aromatic carbocycles. The van der Waals surface area contributed by atoms with E-state index in [2.05, 4.69) is 4.74 Å². The van der Waals surface area contributed by atoms with E-state index in [4.69, 9.17) is 0 Å². The molecule has 13 heavy (non-hydrogen) atoms. The van der Waals surface area contributed by atoms with E-state index in [1.807, 2.05) is 0 Å². The quantitative estimate of drug-likeness (QED) is 0.629. The highest BCUT2D eigenvalue weighted by Gasteiger charge is 2.42. The predicted octanol–water partition coefficient (Wildman–Crippen LogP) is 0.515. The van der Waals surface area contributed by atoms with Crippen molar-refractivity contribution in [3.8, 4) is 0 Å². The zero-order valence-electron chi connectivity index (χ0n) is 7.82. The first-order chi connectivity index (χ1) is 6.00. The minimum Gasteiger partial charge on any atom is -0.465 e. The third-order valence-electron chi connectivity index (χ3n) is 2.10. The van der Waals surface area contributed by atoms with E-state index < -0.39 is 21.1 Å². The van der Waals surface area contributed by atoms with Crippen molar-refractivity contribution in [1.29, 1.82) is 0 Å². The van der Waals surface area contributed by atoms with Crippen LogP contribution in [0.15, 0.2) is 0 Å². The molecular formula is C8H14O4S. The van der Waals surface area contributed by atoms with Crippen LogP contribution >= 0.6 is 0 Å². The van der Waals surface area contributed by atoms with Gasteiger partial charge in [0.15, 0.2) is 15.1 Å². The minimum atomic E-state index is -3.26. The van der Waals surface area contributed by atoms with E-state index in [1.54, 1.807) is 6.92 Å². The molecule has 4 nitrogen and oxygen atoms in total. The molecule has 0 heterocycles. The Bertz CT molecular complexity index is 289. The SMILES string of the molecule is CCOC(=O)C(C)S(=O)(=O)C1CC1. The first-order valence-corrected chi connectivity index (χ1v) is 6.00. The normalized spacial score (nSPS) is 19.5. The van der Waals surface area contributed by atoms with Crippen LogP contribution in [0.1, 0.15) is 26.7 Å². The third kappa shape index (κ3) is 2.21. The zero-order chi connectivity index (χ0) is 10.1. The minimum absolute atomic E-state index is 0.226. The van der Waals surface area contributed by atoms with E-state index in [1.165, 1.54) is 6.92 Å². The lowest BCUT2D eigenvalue weighted by Crippen LogP contribution is -2.31. The molecule has 0 spiro atoms. The molecule has 1 aliphatic carbocycles. The Morgan fingerprint density at radius 1 is 1.54 bits per heavy atom. The van der Waals surface area contributed by atoms with Crippen molar-refractivity contribution in [2.75, 3.05) is 6.61 Å². The lowest BCUT2D eigenvalue weighted by Gasteiger charge is -2.10. The number of hydrogen-bond donors (Lipinski definition) is 0. The van der Waals surface area contributed by atoms with Crippen LogP contribution in [0.3, 0.4) is 0 Å². The lowest BCUT2D eigenvalue weighted by atomic mass is 10.5. The highest BCUT2D eigenvalue weighted by Crippen LogP contribution is 2.31. The van der Waals surface area contributed by atoms with Gasteiger partial charge in [0.05, 0.1) is 11.9 Å². The largest absolute Gasteiger partial charge is 0.465 e. The fourth-order valence-corrected chi connectivity index (χ4v) is 2.79. The van der Waals surface area contributed by atoms with Crippen molar-refractivity contribution in [1.82, 2.24) is 0 Å². The van der Waals surface area contributed by atoms with Crippen molar-refractivity contribution in [3.05, 3.63) is 0 Å². The Labute approximate surface area is 78.2 Å². The summed E-state index contributed by atoms with van der Waals surface area (Å²) in [6.07, 6.45) is 1.37. The maximum atomic E-state index is 11.5. The third-order valence-corrected chi connectivity index (χ3v) is 4.68. The van der Waals surface area contributed by atoms with Gasteiger partial charge in [-0.2, -0.15) is 0 Å². The van der Waals surface area contributed by atoms with Crippen LogP contribution in [0.5, 0.6) is 0 Å². The number of ether oxygens (including phenoxy) is 1. The molecule has 1 fully saturated rings. The topological polar surface area (TPSA) is 60.4 Å². The molecule has 0 aliphatic heterocycles. The van der Waals surface area contributed by atoms with E-state index in [9.17, 15) is 13.2 Å². The van der Waals surface area contributed by atoms with Crippen LogP contribution in [0.2, 0.25) is 0 Å². The number of esters is 1. The average Bonchev–Trinajstić information content (AvgIpc) is 2.85. The van der Waals surface area contributed by atoms with Crippen molar-refractivity contribution >= 4 is 15.8 Å². The number of carbonyl (C=O) groups excluding carboxylic acids is 1. The number of carbonyl (C=O) groups is 1. The molecule has 0 aromatic heterocycles. The van der Waals surface area contributed by atoms with Crippen LogP contribution in [-0.4, -0.2) is 31.5 Å². The second kappa shape index (κ2) is 3.65. The van der Waals surface area contributed by atoms with Crippen LogP contribution in [0, 0.1) is 0 Å². The van der Waals surface area contributed by atoms with Crippen molar-refractivity contribution in [2.24, 2.45) is 0 Å². The second-order valence-electron chi connectivity index (χ2n) is 3.18. The smallest absolute Gasteiger partial charge is 0.324 e. The van der Waals surface area contributed by atoms with Gasteiger partial charge in [-0.05, 0) is 26.7 Å². The van der Waals surface area contributed by atoms with Crippen molar-refractivity contribution in [2.45, 2.75) is 37.2 Å². The summed E-state index contributed by atoms with van der Waals surface area (Å²) in [5.74, 6) is -0.630. The maximum Gasteiger partial charge on any atom is 0.324 e. The van der Waals surface area contributed by atoms with Gasteiger partial charge in [-0.15, -0.1) is 0 Å². The molecule has 0 radical (unpaired) electrons. The molecule has 0 amide bonds. The summed E-state index contributed by atoms with van der Waals surface area (Å²) in [6, 6.07) is 0. The highest BCUT2D eigenvalue weighted by atomic mass is 32.2. The molecule has 1 aliphatic rings. The van der Waals surface area contributed by atoms with Gasteiger partial charge in [0.25, 0.3) is 0 Å². The van der Waals surface area contributed by atoms with Gasteiger partial charge < -0.3 is 4.74 Å². The van der Waals surface area contributed by atoms with Gasteiger partial charge in [-0.3, -0.25) is 4.79 Å². The summed E-state index contributed by atoms with van der Waals surface area (Å²) < 4.78 is 27.7. The Balaban J connectivity index is 2.65. The molecule has 76 valence electrons. The zero-order valence-corrected chi connectivity index (χ0v) is 8.63. The first-order valence-electron chi connectivity index (χ1n) is 4.39. The van der Waals surface area contributed by atoms with E-state index in [0.717, 1.165) is 0 Å². The molecule has 1 atom stereocenters. The van der Waals surface area contributed by atoms with Gasteiger partial charge in [0.1, 0.15) is 0 Å². The Morgan fingerprint density at radius 2 is 2.08 bits per heavy atom. The molecule has 0 N–H and O–H groups in total. The number of sulfone groups is 1. The van der Waals surface area contributed by atoms with Gasteiger partial charge in [-0.1, -0.05) is 0 Å². The van der Waals surface area contributed by atoms with Crippen molar-refractivity contribution < 1.29 is 17.9 Å². The van der Waals surface area contributed by atoms with Crippen LogP contribution in [-0.2, 0) is 19.4 Å². The number of hydrogen-bond acceptors (Lipinski definition) is 4. The van der Waals surface area contributed by atoms with Crippen LogP contribution in [0.25, 0.3) is 0 Å². The first kappa shape index (κ1) is 10.5. The summed E-state index contributed by atoms with van der Waals surface area (Å²) >= 11 is 0. The average molecular weight is 206 g/mol. The fraction of sp³-hybridized carbons (Fsp3) is 0.875. The summed E-state index contributed by atoms with van der Waals surface area (Å²) in [5.41, 5.74) is 0. The molecule has 1 unspecified atom stereocenters. The molecule has 0 saturated heterocycles. The summed E-state index contributed by atoms with van der Waals surface area (Å²) in [6.45, 7) is 3.28. The fourth-order valence-electron chi connectivity index (χ4n) is 1.08. The van der Waals surface area contributed by atoms with E-state index >= 15 is 0 Å². The predicted molar refractivity (Wildman–Crippen MR) is 48.0 cm³/mol. The monoisotopic (exact) mass is 206 g/mol. The Hall–Kier alpha value is -0.580. The van der Waals surface area contributed by atoms with E-state index in [0.29, 0.717) is 12.8 Å². The summed E-state index contributed by atoms with van der Waals surface area (Å²) in [5, 5.41) is -1.30. The molecular weight excluding hydrogens is 192 g/mol. The van der Waals surface area contributed by atoms with Crippen molar-refractivity contribution in [3.63, 3.8) is 0 Å². The van der Waals surface area contributed by atoms with Gasteiger partial charge in [0.2, 0.25) is 0 Å². The van der Waals surface area contributed by atoms with E-state index in [-0.39, 0.29) is 11.9 Å². The molecule has 0 aromatic rings. The Morgan fingerprint density at radius 3 is 2.46 bits per heavy atom. The molecule has 5 heteroatoms. The highest BCUT2D eigenvalue weighted by molar-refractivity contribution is 7.93. The summed E-state index contributed by atoms with van der Waals surface area (Å²) in [4.78, 5) is 11.1. The number of rotatable bonds is 4. The van der Waals surface area contributed by atoms with Gasteiger partial charge in [0, 0.05) is 0 Å².